The highest BCUT2D eigenvalue weighted by Gasteiger charge is 2.47. The van der Waals surface area contributed by atoms with Crippen molar-refractivity contribution >= 4 is 11.6 Å². The highest BCUT2D eigenvalue weighted by atomic mass is 19.4. The number of aromatic nitrogens is 2. The standard InChI is InChI=1S/C11H16F3N5O/c1-10(2)5(3-6(10)20)16-7-4-8(19-15)18-9(17-7)11(12,13)14/h4-6,20H,3,15H2,1-2H3,(H2,16,17,18,19). The molecule has 6 nitrogen and oxygen atoms in total. The molecule has 2 unspecified atom stereocenters. The first-order chi connectivity index (χ1) is 9.14. The van der Waals surface area contributed by atoms with Gasteiger partial charge in [-0.05, 0) is 6.42 Å². The number of nitrogen functional groups attached to an aromatic ring is 1. The van der Waals surface area contributed by atoms with Crippen molar-refractivity contribution in [2.45, 2.75) is 38.6 Å². The third kappa shape index (κ3) is 2.63. The number of nitrogens with one attached hydrogen (secondary N) is 2. The van der Waals surface area contributed by atoms with Gasteiger partial charge in [0.2, 0.25) is 5.82 Å². The molecule has 1 aromatic heterocycles. The molecule has 0 amide bonds. The van der Waals surface area contributed by atoms with Crippen LogP contribution in [0.3, 0.4) is 0 Å². The molecule has 1 aliphatic rings. The molecule has 0 bridgehead atoms. The first-order valence-electron chi connectivity index (χ1n) is 6.02. The largest absolute Gasteiger partial charge is 0.451 e. The Labute approximate surface area is 113 Å². The predicted octanol–water partition coefficient (Wildman–Crippen LogP) is 1.35. The Kier molecular flexibility index (Phi) is 3.51. The van der Waals surface area contributed by atoms with Crippen LogP contribution >= 0.6 is 0 Å². The zero-order chi connectivity index (χ0) is 15.1. The Morgan fingerprint density at radius 1 is 1.35 bits per heavy atom. The summed E-state index contributed by atoms with van der Waals surface area (Å²) in [5.74, 6) is 3.72. The van der Waals surface area contributed by atoms with Gasteiger partial charge in [0.15, 0.2) is 0 Å². The van der Waals surface area contributed by atoms with E-state index in [4.69, 9.17) is 5.84 Å². The van der Waals surface area contributed by atoms with Gasteiger partial charge in [-0.3, -0.25) is 0 Å². The summed E-state index contributed by atoms with van der Waals surface area (Å²) in [6.07, 6.45) is -4.70. The van der Waals surface area contributed by atoms with E-state index in [1.807, 2.05) is 13.8 Å². The second-order valence-corrected chi connectivity index (χ2v) is 5.37. The van der Waals surface area contributed by atoms with Crippen LogP contribution in [0.5, 0.6) is 0 Å². The normalized spacial score (nSPS) is 24.9. The van der Waals surface area contributed by atoms with E-state index in [0.29, 0.717) is 6.42 Å². The van der Waals surface area contributed by atoms with Gasteiger partial charge in [0.05, 0.1) is 6.10 Å². The monoisotopic (exact) mass is 291 g/mol. The fourth-order valence-electron chi connectivity index (χ4n) is 2.05. The first-order valence-corrected chi connectivity index (χ1v) is 6.02. The number of anilines is 2. The summed E-state index contributed by atoms with van der Waals surface area (Å²) >= 11 is 0. The van der Waals surface area contributed by atoms with Crippen LogP contribution in [-0.4, -0.2) is 27.2 Å². The summed E-state index contributed by atoms with van der Waals surface area (Å²) in [7, 11) is 0. The molecule has 0 saturated heterocycles. The maximum Gasteiger partial charge on any atom is 0.451 e. The number of nitrogens with zero attached hydrogens (tertiary/aromatic N) is 2. The average molecular weight is 291 g/mol. The third-order valence-corrected chi connectivity index (χ3v) is 3.67. The highest BCUT2D eigenvalue weighted by Crippen LogP contribution is 2.42. The molecule has 5 N–H and O–H groups in total. The second kappa shape index (κ2) is 4.74. The van der Waals surface area contributed by atoms with Crippen molar-refractivity contribution in [3.05, 3.63) is 11.9 Å². The number of hydrogen-bond donors (Lipinski definition) is 4. The SMILES string of the molecule is CC1(C)C(O)CC1Nc1cc(NN)nc(C(F)(F)F)n1. The van der Waals surface area contributed by atoms with E-state index in [0.717, 1.165) is 0 Å². The number of rotatable bonds is 3. The summed E-state index contributed by atoms with van der Waals surface area (Å²) in [4.78, 5) is 6.70. The van der Waals surface area contributed by atoms with Gasteiger partial charge in [-0.15, -0.1) is 0 Å². The van der Waals surface area contributed by atoms with Gasteiger partial charge in [0, 0.05) is 17.5 Å². The van der Waals surface area contributed by atoms with Crippen LogP contribution in [0.25, 0.3) is 0 Å². The molecule has 1 fully saturated rings. The number of hydrazine groups is 1. The Morgan fingerprint density at radius 3 is 2.40 bits per heavy atom. The molecule has 9 heteroatoms. The quantitative estimate of drug-likeness (QED) is 0.496. The molecule has 1 aliphatic carbocycles. The van der Waals surface area contributed by atoms with Gasteiger partial charge in [-0.25, -0.2) is 15.8 Å². The van der Waals surface area contributed by atoms with Crippen LogP contribution in [0.2, 0.25) is 0 Å². The van der Waals surface area contributed by atoms with Gasteiger partial charge < -0.3 is 15.8 Å². The summed E-state index contributed by atoms with van der Waals surface area (Å²) in [6, 6.07) is 1.12. The van der Waals surface area contributed by atoms with E-state index in [1.165, 1.54) is 6.07 Å². The maximum absolute atomic E-state index is 12.7. The van der Waals surface area contributed by atoms with Crippen molar-refractivity contribution in [1.29, 1.82) is 0 Å². The smallest absolute Gasteiger partial charge is 0.392 e. The van der Waals surface area contributed by atoms with E-state index < -0.39 is 23.5 Å². The topological polar surface area (TPSA) is 96.1 Å². The van der Waals surface area contributed by atoms with Crippen LogP contribution < -0.4 is 16.6 Å². The summed E-state index contributed by atoms with van der Waals surface area (Å²) < 4.78 is 38.0. The lowest BCUT2D eigenvalue weighted by Crippen LogP contribution is -2.57. The molecule has 20 heavy (non-hydrogen) atoms. The van der Waals surface area contributed by atoms with Gasteiger partial charge in [0.25, 0.3) is 0 Å². The Hall–Kier alpha value is -1.61. The number of hydrogen-bond acceptors (Lipinski definition) is 6. The van der Waals surface area contributed by atoms with Gasteiger partial charge >= 0.3 is 6.18 Å². The molecule has 112 valence electrons. The van der Waals surface area contributed by atoms with Crippen molar-refractivity contribution in [3.8, 4) is 0 Å². The van der Waals surface area contributed by atoms with Gasteiger partial charge in [-0.2, -0.15) is 13.2 Å². The molecule has 1 saturated carbocycles. The molecular weight excluding hydrogens is 275 g/mol. The lowest BCUT2D eigenvalue weighted by Gasteiger charge is -2.49. The maximum atomic E-state index is 12.7. The highest BCUT2D eigenvalue weighted by molar-refractivity contribution is 5.48. The van der Waals surface area contributed by atoms with E-state index >= 15 is 0 Å². The number of halogens is 3. The fraction of sp³-hybridized carbons (Fsp3) is 0.636. The summed E-state index contributed by atoms with van der Waals surface area (Å²) in [5.41, 5.74) is 1.65. The van der Waals surface area contributed by atoms with Crippen molar-refractivity contribution in [3.63, 3.8) is 0 Å². The van der Waals surface area contributed by atoms with Crippen LogP contribution in [0.4, 0.5) is 24.8 Å². The van der Waals surface area contributed by atoms with Crippen molar-refractivity contribution in [1.82, 2.24) is 9.97 Å². The number of aliphatic hydroxyl groups is 1. The van der Waals surface area contributed by atoms with Crippen molar-refractivity contribution in [2.75, 3.05) is 10.7 Å². The molecule has 1 aromatic rings. The summed E-state index contributed by atoms with van der Waals surface area (Å²) in [6.45, 7) is 3.65. The zero-order valence-corrected chi connectivity index (χ0v) is 11.0. The van der Waals surface area contributed by atoms with E-state index in [9.17, 15) is 18.3 Å². The first kappa shape index (κ1) is 14.8. The number of aliphatic hydroxyl groups excluding tert-OH is 1. The van der Waals surface area contributed by atoms with E-state index in [2.05, 4.69) is 20.7 Å². The molecule has 0 aliphatic heterocycles. The third-order valence-electron chi connectivity index (χ3n) is 3.67. The minimum atomic E-state index is -4.65. The average Bonchev–Trinajstić information content (AvgIpc) is 2.37. The molecule has 1 heterocycles. The molecule has 0 spiro atoms. The molecule has 0 aromatic carbocycles. The van der Waals surface area contributed by atoms with Crippen LogP contribution in [0.1, 0.15) is 26.1 Å². The van der Waals surface area contributed by atoms with Crippen molar-refractivity contribution < 1.29 is 18.3 Å². The Morgan fingerprint density at radius 2 is 1.95 bits per heavy atom. The minimum absolute atomic E-state index is 0.0188. The number of alkyl halides is 3. The minimum Gasteiger partial charge on any atom is -0.392 e. The lowest BCUT2D eigenvalue weighted by atomic mass is 9.64. The molecular formula is C11H16F3N5O. The molecule has 2 rings (SSSR count). The second-order valence-electron chi connectivity index (χ2n) is 5.37. The van der Waals surface area contributed by atoms with Crippen LogP contribution in [-0.2, 0) is 6.18 Å². The zero-order valence-electron chi connectivity index (χ0n) is 11.0. The summed E-state index contributed by atoms with van der Waals surface area (Å²) in [5, 5.41) is 12.5. The van der Waals surface area contributed by atoms with Crippen LogP contribution in [0, 0.1) is 5.41 Å². The molecule has 0 radical (unpaired) electrons. The predicted molar refractivity (Wildman–Crippen MR) is 66.7 cm³/mol. The Bertz CT molecular complexity index is 505. The van der Waals surface area contributed by atoms with E-state index in [1.54, 1.807) is 0 Å². The number of nitrogens with two attached hydrogens (primary N) is 1. The van der Waals surface area contributed by atoms with Gasteiger partial charge in [-0.1, -0.05) is 13.8 Å². The van der Waals surface area contributed by atoms with Gasteiger partial charge in [0.1, 0.15) is 11.6 Å². The van der Waals surface area contributed by atoms with E-state index in [-0.39, 0.29) is 17.7 Å². The lowest BCUT2D eigenvalue weighted by molar-refractivity contribution is -0.144. The fourth-order valence-corrected chi connectivity index (χ4v) is 2.05. The van der Waals surface area contributed by atoms with Crippen molar-refractivity contribution in [2.24, 2.45) is 11.3 Å². The van der Waals surface area contributed by atoms with Crippen LogP contribution in [0.15, 0.2) is 6.07 Å². The Balaban J connectivity index is 2.24. The molecule has 2 atom stereocenters.